The molecular formula is C14H20N4. The molecule has 0 radical (unpaired) electrons. The molecule has 1 fully saturated rings. The molecule has 4 nitrogen and oxygen atoms in total. The predicted molar refractivity (Wildman–Crippen MR) is 72.7 cm³/mol. The van der Waals surface area contributed by atoms with E-state index < -0.39 is 5.41 Å². The van der Waals surface area contributed by atoms with Gasteiger partial charge in [0.25, 0.3) is 0 Å². The number of anilines is 1. The first-order chi connectivity index (χ1) is 8.54. The minimum atomic E-state index is -0.521. The molecule has 1 saturated heterocycles. The molecule has 0 bridgehead atoms. The molecule has 1 aromatic heterocycles. The van der Waals surface area contributed by atoms with Gasteiger partial charge in [0, 0.05) is 26.2 Å². The monoisotopic (exact) mass is 244 g/mol. The highest BCUT2D eigenvalue weighted by Crippen LogP contribution is 2.26. The van der Waals surface area contributed by atoms with E-state index in [1.54, 1.807) is 0 Å². The van der Waals surface area contributed by atoms with Crippen molar-refractivity contribution in [2.75, 3.05) is 31.1 Å². The average Bonchev–Trinajstić information content (AvgIpc) is 2.39. The third kappa shape index (κ3) is 2.46. The van der Waals surface area contributed by atoms with Crippen LogP contribution in [0.5, 0.6) is 0 Å². The van der Waals surface area contributed by atoms with Gasteiger partial charge in [-0.25, -0.2) is 0 Å². The van der Waals surface area contributed by atoms with Crippen LogP contribution < -0.4 is 10.2 Å². The van der Waals surface area contributed by atoms with E-state index in [0.29, 0.717) is 0 Å². The molecule has 0 aromatic carbocycles. The second-order valence-electron chi connectivity index (χ2n) is 5.33. The predicted octanol–water partition coefficient (Wildman–Crippen LogP) is 1.60. The quantitative estimate of drug-likeness (QED) is 0.858. The summed E-state index contributed by atoms with van der Waals surface area (Å²) in [7, 11) is 0. The van der Waals surface area contributed by atoms with Crippen LogP contribution in [0.2, 0.25) is 0 Å². The smallest absolute Gasteiger partial charge is 0.0937 e. The zero-order valence-corrected chi connectivity index (χ0v) is 11.3. The molecule has 0 saturated carbocycles. The van der Waals surface area contributed by atoms with E-state index in [1.165, 1.54) is 11.3 Å². The Balaban J connectivity index is 2.28. The lowest BCUT2D eigenvalue weighted by atomic mass is 9.90. The maximum Gasteiger partial charge on any atom is 0.0937 e. The number of pyridine rings is 1. The number of nitrogens with zero attached hydrogens (tertiary/aromatic N) is 3. The number of hydrogen-bond donors (Lipinski definition) is 1. The van der Waals surface area contributed by atoms with Gasteiger partial charge in [-0.1, -0.05) is 0 Å². The lowest BCUT2D eigenvalue weighted by Crippen LogP contribution is -2.43. The molecule has 0 unspecified atom stereocenters. The zero-order valence-electron chi connectivity index (χ0n) is 11.3. The number of nitriles is 1. The molecule has 2 heterocycles. The second kappa shape index (κ2) is 4.95. The molecule has 18 heavy (non-hydrogen) atoms. The van der Waals surface area contributed by atoms with Crippen LogP contribution in [-0.4, -0.2) is 31.2 Å². The van der Waals surface area contributed by atoms with Gasteiger partial charge in [0.2, 0.25) is 0 Å². The van der Waals surface area contributed by atoms with Crippen molar-refractivity contribution in [1.82, 2.24) is 10.3 Å². The molecule has 1 aliphatic heterocycles. The van der Waals surface area contributed by atoms with Gasteiger partial charge in [-0.2, -0.15) is 5.26 Å². The SMILES string of the molecule is Cc1cc(C(C)(C)C#N)ncc1N1CCNCC1. The second-order valence-corrected chi connectivity index (χ2v) is 5.33. The van der Waals surface area contributed by atoms with Crippen LogP contribution in [-0.2, 0) is 5.41 Å². The summed E-state index contributed by atoms with van der Waals surface area (Å²) in [6.07, 6.45) is 1.91. The average molecular weight is 244 g/mol. The Kier molecular flexibility index (Phi) is 3.53. The standard InChI is InChI=1S/C14H20N4/c1-11-8-13(14(2,3)10-15)17-9-12(11)18-6-4-16-5-7-18/h8-9,16H,4-7H2,1-3H3. The lowest BCUT2D eigenvalue weighted by molar-refractivity contribution is 0.586. The fraction of sp³-hybridized carbons (Fsp3) is 0.571. The van der Waals surface area contributed by atoms with Crippen LogP contribution in [0.1, 0.15) is 25.1 Å². The third-order valence-corrected chi connectivity index (χ3v) is 3.46. The van der Waals surface area contributed by atoms with Gasteiger partial charge in [0.1, 0.15) is 0 Å². The number of nitrogens with one attached hydrogen (secondary N) is 1. The molecule has 0 atom stereocenters. The van der Waals surface area contributed by atoms with Gasteiger partial charge in [-0.15, -0.1) is 0 Å². The molecule has 2 rings (SSSR count). The van der Waals surface area contributed by atoms with Crippen LogP contribution in [0.3, 0.4) is 0 Å². The number of aryl methyl sites for hydroxylation is 1. The molecule has 4 heteroatoms. The Bertz CT molecular complexity index is 467. The van der Waals surface area contributed by atoms with Crippen molar-refractivity contribution < 1.29 is 0 Å². The van der Waals surface area contributed by atoms with E-state index in [9.17, 15) is 0 Å². The van der Waals surface area contributed by atoms with Crippen molar-refractivity contribution in [3.05, 3.63) is 23.5 Å². The Hall–Kier alpha value is -1.60. The molecule has 96 valence electrons. The van der Waals surface area contributed by atoms with Crippen LogP contribution >= 0.6 is 0 Å². The summed E-state index contributed by atoms with van der Waals surface area (Å²) in [5.74, 6) is 0. The highest BCUT2D eigenvalue weighted by atomic mass is 15.2. The van der Waals surface area contributed by atoms with Crippen molar-refractivity contribution >= 4 is 5.69 Å². The first-order valence-corrected chi connectivity index (χ1v) is 6.38. The van der Waals surface area contributed by atoms with Gasteiger partial charge in [0.05, 0.1) is 29.1 Å². The van der Waals surface area contributed by atoms with E-state index in [2.05, 4.69) is 28.2 Å². The van der Waals surface area contributed by atoms with Crippen molar-refractivity contribution in [3.63, 3.8) is 0 Å². The van der Waals surface area contributed by atoms with Gasteiger partial charge in [0.15, 0.2) is 0 Å². The normalized spacial score (nSPS) is 16.4. The number of piperazine rings is 1. The van der Waals surface area contributed by atoms with E-state index in [1.807, 2.05) is 26.1 Å². The van der Waals surface area contributed by atoms with E-state index in [4.69, 9.17) is 5.26 Å². The highest BCUT2D eigenvalue weighted by Gasteiger charge is 2.23. The maximum atomic E-state index is 9.15. The summed E-state index contributed by atoms with van der Waals surface area (Å²) in [5.41, 5.74) is 2.72. The molecule has 0 spiro atoms. The molecule has 0 amide bonds. The highest BCUT2D eigenvalue weighted by molar-refractivity contribution is 5.53. The summed E-state index contributed by atoms with van der Waals surface area (Å²) in [6.45, 7) is 9.97. The fourth-order valence-electron chi connectivity index (χ4n) is 2.18. The first-order valence-electron chi connectivity index (χ1n) is 6.38. The minimum Gasteiger partial charge on any atom is -0.368 e. The van der Waals surface area contributed by atoms with Gasteiger partial charge in [-0.3, -0.25) is 4.98 Å². The minimum absolute atomic E-state index is 0.521. The summed E-state index contributed by atoms with van der Waals surface area (Å²) in [5, 5.41) is 12.5. The topological polar surface area (TPSA) is 52.0 Å². The number of aromatic nitrogens is 1. The van der Waals surface area contributed by atoms with Gasteiger partial charge in [-0.05, 0) is 32.4 Å². The van der Waals surface area contributed by atoms with E-state index in [0.717, 1.165) is 31.9 Å². The number of hydrogen-bond acceptors (Lipinski definition) is 4. The zero-order chi connectivity index (χ0) is 13.2. The Morgan fingerprint density at radius 1 is 1.39 bits per heavy atom. The largest absolute Gasteiger partial charge is 0.368 e. The first kappa shape index (κ1) is 12.8. The van der Waals surface area contributed by atoms with E-state index >= 15 is 0 Å². The summed E-state index contributed by atoms with van der Waals surface area (Å²) < 4.78 is 0. The summed E-state index contributed by atoms with van der Waals surface area (Å²) >= 11 is 0. The molecule has 1 aliphatic rings. The summed E-state index contributed by atoms with van der Waals surface area (Å²) in [4.78, 5) is 6.82. The Labute approximate surface area is 109 Å². The van der Waals surface area contributed by atoms with Crippen molar-refractivity contribution in [3.8, 4) is 6.07 Å². The number of rotatable bonds is 2. The van der Waals surface area contributed by atoms with Gasteiger partial charge >= 0.3 is 0 Å². The van der Waals surface area contributed by atoms with Crippen LogP contribution in [0, 0.1) is 18.3 Å². The van der Waals surface area contributed by atoms with Crippen LogP contribution in [0.25, 0.3) is 0 Å². The molecule has 1 aromatic rings. The van der Waals surface area contributed by atoms with Crippen LogP contribution in [0.4, 0.5) is 5.69 Å². The fourth-order valence-corrected chi connectivity index (χ4v) is 2.18. The molecule has 1 N–H and O–H groups in total. The van der Waals surface area contributed by atoms with Crippen molar-refractivity contribution in [2.45, 2.75) is 26.2 Å². The molecule has 0 aliphatic carbocycles. The Morgan fingerprint density at radius 3 is 2.61 bits per heavy atom. The van der Waals surface area contributed by atoms with Crippen LogP contribution in [0.15, 0.2) is 12.3 Å². The third-order valence-electron chi connectivity index (χ3n) is 3.46. The van der Waals surface area contributed by atoms with Crippen molar-refractivity contribution in [2.24, 2.45) is 0 Å². The van der Waals surface area contributed by atoms with Crippen molar-refractivity contribution in [1.29, 1.82) is 5.26 Å². The molecular weight excluding hydrogens is 224 g/mol. The Morgan fingerprint density at radius 2 is 2.06 bits per heavy atom. The van der Waals surface area contributed by atoms with E-state index in [-0.39, 0.29) is 0 Å². The summed E-state index contributed by atoms with van der Waals surface area (Å²) in [6, 6.07) is 4.34. The maximum absolute atomic E-state index is 9.15. The lowest BCUT2D eigenvalue weighted by Gasteiger charge is -2.31. The van der Waals surface area contributed by atoms with Gasteiger partial charge < -0.3 is 10.2 Å².